The van der Waals surface area contributed by atoms with E-state index in [-0.39, 0.29) is 12.5 Å². The van der Waals surface area contributed by atoms with Crippen LogP contribution in [-0.2, 0) is 6.18 Å². The second-order valence-corrected chi connectivity index (χ2v) is 4.67. The first-order chi connectivity index (χ1) is 9.18. The molecular formula is C13H15F4NO2. The van der Waals surface area contributed by atoms with Crippen LogP contribution in [-0.4, -0.2) is 23.7 Å². The number of nitrogens with one attached hydrogen (secondary N) is 1. The van der Waals surface area contributed by atoms with Crippen LogP contribution in [0.15, 0.2) is 18.2 Å². The number of rotatable bonds is 4. The summed E-state index contributed by atoms with van der Waals surface area (Å²) in [6.07, 6.45) is -4.87. The minimum Gasteiger partial charge on any atom is -0.394 e. The maximum atomic E-state index is 13.7. The van der Waals surface area contributed by atoms with Crippen molar-refractivity contribution < 1.29 is 27.5 Å². The standard InChI is InChI=1S/C13H15F4NO2/c1-7(2)10(6-19)18-12(20)8-4-3-5-9(11(8)14)13(15,16)17/h3-5,7,10,19H,6H2,1-2H3,(H,18,20). The molecule has 0 heterocycles. The first kappa shape index (κ1) is 16.4. The topological polar surface area (TPSA) is 49.3 Å². The van der Waals surface area contributed by atoms with Crippen molar-refractivity contribution in [1.29, 1.82) is 0 Å². The molecule has 20 heavy (non-hydrogen) atoms. The molecule has 0 saturated heterocycles. The van der Waals surface area contributed by atoms with Gasteiger partial charge in [-0.05, 0) is 18.1 Å². The predicted molar refractivity (Wildman–Crippen MR) is 64.6 cm³/mol. The Hall–Kier alpha value is -1.63. The van der Waals surface area contributed by atoms with E-state index in [1.165, 1.54) is 0 Å². The van der Waals surface area contributed by atoms with Crippen LogP contribution in [0.4, 0.5) is 17.6 Å². The van der Waals surface area contributed by atoms with Crippen LogP contribution in [0.25, 0.3) is 0 Å². The number of aliphatic hydroxyl groups is 1. The van der Waals surface area contributed by atoms with Crippen LogP contribution in [0.3, 0.4) is 0 Å². The zero-order valence-electron chi connectivity index (χ0n) is 11.0. The fraction of sp³-hybridized carbons (Fsp3) is 0.462. The van der Waals surface area contributed by atoms with Gasteiger partial charge in [-0.25, -0.2) is 4.39 Å². The molecule has 0 spiro atoms. The van der Waals surface area contributed by atoms with Crippen molar-refractivity contribution in [2.45, 2.75) is 26.1 Å². The van der Waals surface area contributed by atoms with Crippen LogP contribution >= 0.6 is 0 Å². The maximum absolute atomic E-state index is 13.7. The number of amides is 1. The molecule has 1 aromatic carbocycles. The van der Waals surface area contributed by atoms with Crippen LogP contribution in [0, 0.1) is 11.7 Å². The van der Waals surface area contributed by atoms with Gasteiger partial charge in [-0.1, -0.05) is 19.9 Å². The zero-order valence-corrected chi connectivity index (χ0v) is 11.0. The first-order valence-corrected chi connectivity index (χ1v) is 5.96. The average Bonchev–Trinajstić information content (AvgIpc) is 2.34. The molecule has 7 heteroatoms. The Bertz CT molecular complexity index is 486. The van der Waals surface area contributed by atoms with Crippen molar-refractivity contribution >= 4 is 5.91 Å². The fourth-order valence-electron chi connectivity index (χ4n) is 1.60. The molecule has 112 valence electrons. The van der Waals surface area contributed by atoms with Crippen molar-refractivity contribution in [1.82, 2.24) is 5.32 Å². The van der Waals surface area contributed by atoms with Crippen LogP contribution in [0.1, 0.15) is 29.8 Å². The third-order valence-electron chi connectivity index (χ3n) is 2.87. The quantitative estimate of drug-likeness (QED) is 0.838. The minimum absolute atomic E-state index is 0.141. The van der Waals surface area contributed by atoms with Crippen molar-refractivity contribution in [3.8, 4) is 0 Å². The Balaban J connectivity index is 3.06. The smallest absolute Gasteiger partial charge is 0.394 e. The summed E-state index contributed by atoms with van der Waals surface area (Å²) in [7, 11) is 0. The van der Waals surface area contributed by atoms with Gasteiger partial charge in [0.15, 0.2) is 0 Å². The molecule has 1 aromatic rings. The van der Waals surface area contributed by atoms with Crippen molar-refractivity contribution in [3.63, 3.8) is 0 Å². The van der Waals surface area contributed by atoms with E-state index < -0.39 is 35.1 Å². The molecule has 0 bridgehead atoms. The largest absolute Gasteiger partial charge is 0.419 e. The molecule has 0 fully saturated rings. The Morgan fingerprint density at radius 2 is 1.95 bits per heavy atom. The Morgan fingerprint density at radius 3 is 2.40 bits per heavy atom. The molecule has 0 aromatic heterocycles. The number of hydrogen-bond acceptors (Lipinski definition) is 2. The molecule has 0 aliphatic rings. The monoisotopic (exact) mass is 293 g/mol. The number of benzene rings is 1. The summed E-state index contributed by atoms with van der Waals surface area (Å²) in [6.45, 7) is 3.04. The fourth-order valence-corrected chi connectivity index (χ4v) is 1.60. The number of alkyl halides is 3. The van der Waals surface area contributed by atoms with E-state index in [4.69, 9.17) is 5.11 Å². The number of aliphatic hydroxyl groups excluding tert-OH is 1. The second kappa shape index (κ2) is 6.21. The normalized spacial score (nSPS) is 13.4. The number of hydrogen-bond donors (Lipinski definition) is 2. The van der Waals surface area contributed by atoms with E-state index >= 15 is 0 Å². The van der Waals surface area contributed by atoms with Gasteiger partial charge in [0.1, 0.15) is 5.82 Å². The Labute approximate surface area is 113 Å². The van der Waals surface area contributed by atoms with Gasteiger partial charge >= 0.3 is 6.18 Å². The van der Waals surface area contributed by atoms with Gasteiger partial charge in [-0.15, -0.1) is 0 Å². The van der Waals surface area contributed by atoms with E-state index in [1.54, 1.807) is 13.8 Å². The maximum Gasteiger partial charge on any atom is 0.419 e. The summed E-state index contributed by atoms with van der Waals surface area (Å²) in [5.41, 5.74) is -2.19. The summed E-state index contributed by atoms with van der Waals surface area (Å²) < 4.78 is 51.3. The third kappa shape index (κ3) is 3.69. The molecule has 2 N–H and O–H groups in total. The lowest BCUT2D eigenvalue weighted by atomic mass is 10.0. The minimum atomic E-state index is -4.87. The molecular weight excluding hydrogens is 278 g/mol. The van der Waals surface area contributed by atoms with Gasteiger partial charge in [-0.3, -0.25) is 4.79 Å². The molecule has 1 rings (SSSR count). The number of halogens is 4. The van der Waals surface area contributed by atoms with Crippen LogP contribution < -0.4 is 5.32 Å². The summed E-state index contributed by atoms with van der Waals surface area (Å²) >= 11 is 0. The van der Waals surface area contributed by atoms with Crippen molar-refractivity contribution in [3.05, 3.63) is 35.1 Å². The summed E-state index contributed by atoms with van der Waals surface area (Å²) in [5, 5.41) is 11.4. The summed E-state index contributed by atoms with van der Waals surface area (Å²) in [4.78, 5) is 11.8. The van der Waals surface area contributed by atoms with Gasteiger partial charge in [0.2, 0.25) is 0 Å². The van der Waals surface area contributed by atoms with Gasteiger partial charge < -0.3 is 10.4 Å². The van der Waals surface area contributed by atoms with E-state index in [0.29, 0.717) is 6.07 Å². The second-order valence-electron chi connectivity index (χ2n) is 4.67. The molecule has 1 unspecified atom stereocenters. The molecule has 3 nitrogen and oxygen atoms in total. The molecule has 1 amide bonds. The van der Waals surface area contributed by atoms with Gasteiger partial charge in [0, 0.05) is 0 Å². The zero-order chi connectivity index (χ0) is 15.5. The summed E-state index contributed by atoms with van der Waals surface area (Å²) in [6, 6.07) is 1.84. The molecule has 0 radical (unpaired) electrons. The SMILES string of the molecule is CC(C)C(CO)NC(=O)c1cccc(C(F)(F)F)c1F. The van der Waals surface area contributed by atoms with Crippen LogP contribution in [0.2, 0.25) is 0 Å². The molecule has 1 atom stereocenters. The lowest BCUT2D eigenvalue weighted by Gasteiger charge is -2.20. The highest BCUT2D eigenvalue weighted by Crippen LogP contribution is 2.32. The van der Waals surface area contributed by atoms with Gasteiger partial charge in [0.05, 0.1) is 23.8 Å². The Morgan fingerprint density at radius 1 is 1.35 bits per heavy atom. The van der Waals surface area contributed by atoms with Gasteiger partial charge in [-0.2, -0.15) is 13.2 Å². The van der Waals surface area contributed by atoms with E-state index in [1.807, 2.05) is 0 Å². The highest BCUT2D eigenvalue weighted by atomic mass is 19.4. The van der Waals surface area contributed by atoms with Crippen LogP contribution in [0.5, 0.6) is 0 Å². The molecule has 0 aliphatic heterocycles. The van der Waals surface area contributed by atoms with E-state index in [0.717, 1.165) is 12.1 Å². The lowest BCUT2D eigenvalue weighted by molar-refractivity contribution is -0.140. The van der Waals surface area contributed by atoms with Crippen molar-refractivity contribution in [2.75, 3.05) is 6.61 Å². The van der Waals surface area contributed by atoms with Gasteiger partial charge in [0.25, 0.3) is 5.91 Å². The molecule has 0 aliphatic carbocycles. The number of carbonyl (C=O) groups is 1. The van der Waals surface area contributed by atoms with Crippen molar-refractivity contribution in [2.24, 2.45) is 5.92 Å². The van der Waals surface area contributed by atoms with E-state index in [2.05, 4.69) is 5.32 Å². The summed E-state index contributed by atoms with van der Waals surface area (Å²) in [5.74, 6) is -2.74. The number of carbonyl (C=O) groups excluding carboxylic acids is 1. The third-order valence-corrected chi connectivity index (χ3v) is 2.87. The highest BCUT2D eigenvalue weighted by molar-refractivity contribution is 5.94. The average molecular weight is 293 g/mol. The highest BCUT2D eigenvalue weighted by Gasteiger charge is 2.35. The molecule has 0 saturated carbocycles. The first-order valence-electron chi connectivity index (χ1n) is 5.96. The lowest BCUT2D eigenvalue weighted by Crippen LogP contribution is -2.41. The Kier molecular flexibility index (Phi) is 5.10. The predicted octanol–water partition coefficient (Wildman–Crippen LogP) is 2.59. The van der Waals surface area contributed by atoms with E-state index in [9.17, 15) is 22.4 Å².